The number of carbonyl (C=O) groups is 1. The van der Waals surface area contributed by atoms with Crippen LogP contribution in [0.4, 0.5) is 11.8 Å². The monoisotopic (exact) mass is 440 g/mol. The van der Waals surface area contributed by atoms with Gasteiger partial charge in [0.15, 0.2) is 0 Å². The molecule has 168 valence electrons. The Morgan fingerprint density at radius 3 is 2.70 bits per heavy atom. The maximum Gasteiger partial charge on any atom is 0.243 e. The van der Waals surface area contributed by atoms with Crippen molar-refractivity contribution in [3.63, 3.8) is 0 Å². The Morgan fingerprint density at radius 2 is 1.91 bits per heavy atom. The predicted molar refractivity (Wildman–Crippen MR) is 133 cm³/mol. The molecular weight excluding hydrogens is 412 g/mol. The SMILES string of the molecule is C#Cc1cccc(-c2cc(NCCCCCCNC(=O)/C=C/c3cccnc3)nc(N)n2)c1. The number of nitrogen functional groups attached to an aromatic ring is 1. The lowest BCUT2D eigenvalue weighted by Gasteiger charge is -2.09. The van der Waals surface area contributed by atoms with Crippen molar-refractivity contribution in [1.29, 1.82) is 0 Å². The van der Waals surface area contributed by atoms with E-state index < -0.39 is 0 Å². The molecule has 7 nitrogen and oxygen atoms in total. The quantitative estimate of drug-likeness (QED) is 0.237. The molecule has 0 saturated heterocycles. The van der Waals surface area contributed by atoms with E-state index in [9.17, 15) is 4.79 Å². The maximum absolute atomic E-state index is 11.8. The summed E-state index contributed by atoms with van der Waals surface area (Å²) >= 11 is 0. The molecule has 0 aliphatic rings. The Labute approximate surface area is 194 Å². The van der Waals surface area contributed by atoms with Crippen molar-refractivity contribution < 1.29 is 4.79 Å². The fourth-order valence-electron chi connectivity index (χ4n) is 3.21. The van der Waals surface area contributed by atoms with E-state index in [1.54, 1.807) is 18.5 Å². The number of nitrogens with zero attached hydrogens (tertiary/aromatic N) is 3. The number of nitrogens with one attached hydrogen (secondary N) is 2. The Bertz CT molecular complexity index is 1120. The van der Waals surface area contributed by atoms with Crippen molar-refractivity contribution >= 4 is 23.7 Å². The molecule has 1 amide bonds. The number of rotatable bonds is 11. The number of amides is 1. The molecule has 0 spiro atoms. The molecule has 0 aliphatic carbocycles. The largest absolute Gasteiger partial charge is 0.370 e. The number of pyridine rings is 1. The number of nitrogens with two attached hydrogens (primary N) is 1. The minimum absolute atomic E-state index is 0.0922. The molecule has 0 aliphatic heterocycles. The van der Waals surface area contributed by atoms with Crippen LogP contribution in [0.1, 0.15) is 36.8 Å². The van der Waals surface area contributed by atoms with E-state index in [0.717, 1.165) is 54.6 Å². The van der Waals surface area contributed by atoms with Gasteiger partial charge in [0.05, 0.1) is 5.69 Å². The van der Waals surface area contributed by atoms with Gasteiger partial charge in [-0.25, -0.2) is 4.98 Å². The van der Waals surface area contributed by atoms with Gasteiger partial charge in [-0.15, -0.1) is 6.42 Å². The molecule has 0 fully saturated rings. The number of hydrogen-bond acceptors (Lipinski definition) is 6. The number of carbonyl (C=O) groups excluding carboxylic acids is 1. The van der Waals surface area contributed by atoms with Crippen molar-refractivity contribution in [3.8, 4) is 23.6 Å². The molecule has 3 rings (SSSR count). The van der Waals surface area contributed by atoms with Crippen LogP contribution < -0.4 is 16.4 Å². The molecule has 2 aromatic heterocycles. The Hall–Kier alpha value is -4.18. The zero-order chi connectivity index (χ0) is 23.3. The third-order valence-electron chi connectivity index (χ3n) is 4.89. The molecule has 33 heavy (non-hydrogen) atoms. The average molecular weight is 441 g/mol. The summed E-state index contributed by atoms with van der Waals surface area (Å²) in [5.74, 6) is 3.45. The first-order valence-corrected chi connectivity index (χ1v) is 11.0. The van der Waals surface area contributed by atoms with Crippen molar-refractivity contribution in [3.05, 3.63) is 72.1 Å². The summed E-state index contributed by atoms with van der Waals surface area (Å²) < 4.78 is 0. The van der Waals surface area contributed by atoms with Crippen LogP contribution in [0, 0.1) is 12.3 Å². The number of benzene rings is 1. The normalized spacial score (nSPS) is 10.6. The standard InChI is InChI=1S/C26H28N6O/c1-2-20-9-7-11-22(17-20)23-18-24(32-26(27)31-23)29-15-5-3-4-6-16-30-25(33)13-12-21-10-8-14-28-19-21/h1,7-14,17-19H,3-6,15-16H2,(H,30,33)(H3,27,29,31,32)/b13-12+. The van der Waals surface area contributed by atoms with Gasteiger partial charge in [-0.1, -0.05) is 37.0 Å². The Kier molecular flexibility index (Phi) is 8.98. The van der Waals surface area contributed by atoms with E-state index in [-0.39, 0.29) is 11.9 Å². The number of terminal acetylenes is 1. The second-order valence-corrected chi connectivity index (χ2v) is 7.47. The topological polar surface area (TPSA) is 106 Å². The van der Waals surface area contributed by atoms with Crippen LogP contribution in [0.2, 0.25) is 0 Å². The molecular formula is C26H28N6O. The molecule has 0 unspecified atom stereocenters. The van der Waals surface area contributed by atoms with Gasteiger partial charge < -0.3 is 16.4 Å². The molecule has 0 saturated carbocycles. The summed E-state index contributed by atoms with van der Waals surface area (Å²) in [6.07, 6.45) is 16.2. The highest BCUT2D eigenvalue weighted by atomic mass is 16.1. The van der Waals surface area contributed by atoms with E-state index in [0.29, 0.717) is 12.4 Å². The van der Waals surface area contributed by atoms with Crippen LogP contribution in [0.3, 0.4) is 0 Å². The number of unbranched alkanes of at least 4 members (excludes halogenated alkanes) is 3. The van der Waals surface area contributed by atoms with Crippen LogP contribution >= 0.6 is 0 Å². The van der Waals surface area contributed by atoms with Crippen LogP contribution in [0.15, 0.2) is 60.9 Å². The molecule has 0 radical (unpaired) electrons. The van der Waals surface area contributed by atoms with Gasteiger partial charge in [0.25, 0.3) is 0 Å². The summed E-state index contributed by atoms with van der Waals surface area (Å²) in [7, 11) is 0. The summed E-state index contributed by atoms with van der Waals surface area (Å²) in [5.41, 5.74) is 9.21. The minimum atomic E-state index is -0.0922. The molecule has 0 bridgehead atoms. The van der Waals surface area contributed by atoms with Crippen LogP contribution in [-0.4, -0.2) is 33.9 Å². The van der Waals surface area contributed by atoms with Gasteiger partial charge in [-0.05, 0) is 42.7 Å². The molecule has 0 atom stereocenters. The zero-order valence-corrected chi connectivity index (χ0v) is 18.5. The molecule has 2 heterocycles. The molecule has 4 N–H and O–H groups in total. The second kappa shape index (κ2) is 12.6. The Morgan fingerprint density at radius 1 is 1.06 bits per heavy atom. The van der Waals surface area contributed by atoms with Crippen LogP contribution in [-0.2, 0) is 4.79 Å². The third-order valence-corrected chi connectivity index (χ3v) is 4.89. The summed E-state index contributed by atoms with van der Waals surface area (Å²) in [5, 5.41) is 6.21. The number of aromatic nitrogens is 3. The van der Waals surface area contributed by atoms with Crippen molar-refractivity contribution in [1.82, 2.24) is 20.3 Å². The van der Waals surface area contributed by atoms with Gasteiger partial charge in [0, 0.05) is 48.8 Å². The molecule has 7 heteroatoms. The molecule has 1 aromatic carbocycles. The fraction of sp³-hybridized carbons (Fsp3) is 0.231. The predicted octanol–water partition coefficient (Wildman–Crippen LogP) is 3.90. The van der Waals surface area contributed by atoms with Crippen molar-refractivity contribution in [2.45, 2.75) is 25.7 Å². The summed E-state index contributed by atoms with van der Waals surface area (Å²) in [6.45, 7) is 1.44. The first-order valence-electron chi connectivity index (χ1n) is 11.0. The Balaban J connectivity index is 1.33. The van der Waals surface area contributed by atoms with E-state index >= 15 is 0 Å². The van der Waals surface area contributed by atoms with Gasteiger partial charge in [-0.2, -0.15) is 4.98 Å². The van der Waals surface area contributed by atoms with Gasteiger partial charge in [0.2, 0.25) is 11.9 Å². The first-order chi connectivity index (χ1) is 16.1. The third kappa shape index (κ3) is 8.11. The smallest absolute Gasteiger partial charge is 0.243 e. The van der Waals surface area contributed by atoms with Gasteiger partial charge in [-0.3, -0.25) is 9.78 Å². The van der Waals surface area contributed by atoms with E-state index in [4.69, 9.17) is 12.2 Å². The second-order valence-electron chi connectivity index (χ2n) is 7.47. The maximum atomic E-state index is 11.8. The highest BCUT2D eigenvalue weighted by Crippen LogP contribution is 2.21. The lowest BCUT2D eigenvalue weighted by Crippen LogP contribution is -2.22. The minimum Gasteiger partial charge on any atom is -0.370 e. The highest BCUT2D eigenvalue weighted by Gasteiger charge is 2.05. The average Bonchev–Trinajstić information content (AvgIpc) is 2.84. The fourth-order valence-corrected chi connectivity index (χ4v) is 3.21. The van der Waals surface area contributed by atoms with E-state index in [2.05, 4.69) is 31.5 Å². The van der Waals surface area contributed by atoms with E-state index in [1.807, 2.05) is 42.5 Å². The number of anilines is 2. The summed E-state index contributed by atoms with van der Waals surface area (Å²) in [4.78, 5) is 24.4. The van der Waals surface area contributed by atoms with Crippen molar-refractivity contribution in [2.24, 2.45) is 0 Å². The summed E-state index contributed by atoms with van der Waals surface area (Å²) in [6, 6.07) is 13.2. The first kappa shape index (κ1) is 23.5. The van der Waals surface area contributed by atoms with Gasteiger partial charge in [0.1, 0.15) is 5.82 Å². The van der Waals surface area contributed by atoms with Crippen LogP contribution in [0.5, 0.6) is 0 Å². The lowest BCUT2D eigenvalue weighted by atomic mass is 10.1. The highest BCUT2D eigenvalue weighted by molar-refractivity contribution is 5.91. The zero-order valence-electron chi connectivity index (χ0n) is 18.5. The number of hydrogen-bond donors (Lipinski definition) is 3. The van der Waals surface area contributed by atoms with Crippen molar-refractivity contribution in [2.75, 3.05) is 24.1 Å². The van der Waals surface area contributed by atoms with E-state index in [1.165, 1.54) is 6.08 Å². The lowest BCUT2D eigenvalue weighted by molar-refractivity contribution is -0.116. The van der Waals surface area contributed by atoms with Crippen LogP contribution in [0.25, 0.3) is 17.3 Å². The molecule has 3 aromatic rings. The van der Waals surface area contributed by atoms with Gasteiger partial charge >= 0.3 is 0 Å².